The largest absolute Gasteiger partial charge is 0.497 e. The molecule has 34 heavy (non-hydrogen) atoms. The van der Waals surface area contributed by atoms with Crippen LogP contribution in [0.5, 0.6) is 23.0 Å². The highest BCUT2D eigenvalue weighted by atomic mass is 32.2. The third-order valence-corrected chi connectivity index (χ3v) is 7.51. The summed E-state index contributed by atoms with van der Waals surface area (Å²) in [5.74, 6) is 1.21. The van der Waals surface area contributed by atoms with Crippen molar-refractivity contribution in [2.45, 2.75) is 0 Å². The van der Waals surface area contributed by atoms with Gasteiger partial charge in [-0.05, 0) is 36.4 Å². The van der Waals surface area contributed by atoms with Crippen molar-refractivity contribution in [3.63, 3.8) is 0 Å². The number of nitrogens with one attached hydrogen (secondary N) is 1. The van der Waals surface area contributed by atoms with E-state index in [1.165, 1.54) is 37.8 Å². The van der Waals surface area contributed by atoms with Crippen LogP contribution in [0.4, 0.5) is 5.69 Å². The van der Waals surface area contributed by atoms with Crippen LogP contribution in [-0.4, -0.2) is 85.5 Å². The molecule has 0 saturated carbocycles. The van der Waals surface area contributed by atoms with E-state index in [2.05, 4.69) is 10.2 Å². The third kappa shape index (κ3) is 5.84. The topological polar surface area (TPSA) is 107 Å². The number of nitrogens with zero attached hydrogens (tertiary/aromatic N) is 2. The fourth-order valence-electron chi connectivity index (χ4n) is 3.75. The van der Waals surface area contributed by atoms with E-state index in [4.69, 9.17) is 18.9 Å². The van der Waals surface area contributed by atoms with Crippen LogP contribution in [0.1, 0.15) is 10.4 Å². The normalized spacial score (nSPS) is 14.4. The Labute approximate surface area is 200 Å². The molecule has 1 aliphatic heterocycles. The Morgan fingerprint density at radius 2 is 1.47 bits per heavy atom. The second-order valence-corrected chi connectivity index (χ2v) is 9.66. The van der Waals surface area contributed by atoms with Crippen molar-refractivity contribution in [3.05, 3.63) is 42.0 Å². The summed E-state index contributed by atoms with van der Waals surface area (Å²) in [6, 6.07) is 10.7. The van der Waals surface area contributed by atoms with Crippen molar-refractivity contribution in [2.75, 3.05) is 71.8 Å². The molecule has 186 valence electrons. The van der Waals surface area contributed by atoms with Crippen molar-refractivity contribution in [3.8, 4) is 23.0 Å². The number of hydrogen-bond donors (Lipinski definition) is 1. The molecule has 0 aromatic heterocycles. The van der Waals surface area contributed by atoms with Gasteiger partial charge in [0.2, 0.25) is 15.8 Å². The molecular weight excluding hydrogens is 462 g/mol. The summed E-state index contributed by atoms with van der Waals surface area (Å²) in [5.41, 5.74) is 1.30. The predicted octanol–water partition coefficient (Wildman–Crippen LogP) is 1.60. The quantitative estimate of drug-likeness (QED) is 0.532. The lowest BCUT2D eigenvalue weighted by Crippen LogP contribution is -2.50. The maximum absolute atomic E-state index is 12.8. The molecule has 3 rings (SSSR count). The molecule has 0 unspecified atom stereocenters. The summed E-state index contributed by atoms with van der Waals surface area (Å²) in [7, 11) is 2.50. The van der Waals surface area contributed by atoms with Crippen LogP contribution in [0.25, 0.3) is 0 Å². The maximum Gasteiger partial charge on any atom is 0.251 e. The van der Waals surface area contributed by atoms with Crippen molar-refractivity contribution in [2.24, 2.45) is 0 Å². The first-order valence-corrected chi connectivity index (χ1v) is 12.4. The zero-order valence-corrected chi connectivity index (χ0v) is 20.7. The number of hydrogen-bond acceptors (Lipinski definition) is 8. The van der Waals surface area contributed by atoms with Crippen LogP contribution < -0.4 is 29.2 Å². The molecule has 1 saturated heterocycles. The number of anilines is 1. The molecule has 1 fully saturated rings. The Morgan fingerprint density at radius 3 is 1.97 bits per heavy atom. The van der Waals surface area contributed by atoms with Gasteiger partial charge in [-0.1, -0.05) is 0 Å². The Kier molecular flexibility index (Phi) is 8.46. The zero-order chi connectivity index (χ0) is 24.7. The van der Waals surface area contributed by atoms with Crippen LogP contribution in [0.15, 0.2) is 36.4 Å². The second-order valence-electron chi connectivity index (χ2n) is 7.57. The van der Waals surface area contributed by atoms with E-state index in [-0.39, 0.29) is 17.9 Å². The Balaban J connectivity index is 1.54. The average Bonchev–Trinajstić information content (AvgIpc) is 2.87. The summed E-state index contributed by atoms with van der Waals surface area (Å²) >= 11 is 0. The van der Waals surface area contributed by atoms with Gasteiger partial charge in [0.15, 0.2) is 11.5 Å². The van der Waals surface area contributed by atoms with Gasteiger partial charge >= 0.3 is 0 Å². The van der Waals surface area contributed by atoms with Crippen molar-refractivity contribution in [1.82, 2.24) is 9.62 Å². The van der Waals surface area contributed by atoms with Gasteiger partial charge in [0.25, 0.3) is 5.91 Å². The minimum atomic E-state index is -3.51. The first-order chi connectivity index (χ1) is 16.3. The fraction of sp³-hybridized carbons (Fsp3) is 0.435. The molecule has 0 aliphatic carbocycles. The van der Waals surface area contributed by atoms with Crippen LogP contribution in [0.3, 0.4) is 0 Å². The Hall–Kier alpha value is -3.18. The predicted molar refractivity (Wildman–Crippen MR) is 129 cm³/mol. The summed E-state index contributed by atoms with van der Waals surface area (Å²) in [5, 5.41) is 2.66. The summed E-state index contributed by atoms with van der Waals surface area (Å²) in [6.45, 7) is 1.92. The lowest BCUT2D eigenvalue weighted by molar-refractivity contribution is 0.0955. The highest BCUT2D eigenvalue weighted by molar-refractivity contribution is 7.89. The highest BCUT2D eigenvalue weighted by Crippen LogP contribution is 2.38. The van der Waals surface area contributed by atoms with E-state index in [1.54, 1.807) is 7.11 Å². The van der Waals surface area contributed by atoms with Gasteiger partial charge in [-0.15, -0.1) is 0 Å². The molecule has 0 atom stereocenters. The number of piperazine rings is 1. The lowest BCUT2D eigenvalue weighted by atomic mass is 10.1. The van der Waals surface area contributed by atoms with Gasteiger partial charge in [0.05, 0.1) is 34.2 Å². The molecule has 1 heterocycles. The molecule has 1 amide bonds. The molecule has 0 radical (unpaired) electrons. The van der Waals surface area contributed by atoms with Crippen molar-refractivity contribution in [1.29, 1.82) is 0 Å². The number of carbonyl (C=O) groups excluding carboxylic acids is 1. The van der Waals surface area contributed by atoms with E-state index in [1.807, 2.05) is 24.3 Å². The molecule has 1 aliphatic rings. The number of rotatable bonds is 10. The lowest BCUT2D eigenvalue weighted by Gasteiger charge is -2.35. The van der Waals surface area contributed by atoms with E-state index >= 15 is 0 Å². The van der Waals surface area contributed by atoms with Gasteiger partial charge in [-0.3, -0.25) is 4.79 Å². The summed E-state index contributed by atoms with van der Waals surface area (Å²) in [4.78, 5) is 14.7. The van der Waals surface area contributed by atoms with Gasteiger partial charge < -0.3 is 29.2 Å². The van der Waals surface area contributed by atoms with Crippen LogP contribution in [0, 0.1) is 0 Å². The molecule has 2 aromatic rings. The molecule has 1 N–H and O–H groups in total. The van der Waals surface area contributed by atoms with Crippen LogP contribution >= 0.6 is 0 Å². The van der Waals surface area contributed by atoms with Crippen molar-refractivity contribution < 1.29 is 32.2 Å². The molecule has 11 heteroatoms. The smallest absolute Gasteiger partial charge is 0.251 e. The van der Waals surface area contributed by atoms with Gasteiger partial charge in [-0.25, -0.2) is 8.42 Å². The van der Waals surface area contributed by atoms with Gasteiger partial charge in [-0.2, -0.15) is 4.31 Å². The van der Waals surface area contributed by atoms with E-state index in [0.717, 1.165) is 11.4 Å². The van der Waals surface area contributed by atoms with E-state index in [9.17, 15) is 13.2 Å². The van der Waals surface area contributed by atoms with Crippen LogP contribution in [0.2, 0.25) is 0 Å². The number of ether oxygens (including phenoxy) is 4. The van der Waals surface area contributed by atoms with Crippen molar-refractivity contribution >= 4 is 21.6 Å². The second kappa shape index (κ2) is 11.3. The highest BCUT2D eigenvalue weighted by Gasteiger charge is 2.27. The molecule has 10 nitrogen and oxygen atoms in total. The average molecular weight is 494 g/mol. The first kappa shape index (κ1) is 25.4. The first-order valence-electron chi connectivity index (χ1n) is 10.8. The molecule has 2 aromatic carbocycles. The van der Waals surface area contributed by atoms with Gasteiger partial charge in [0, 0.05) is 44.0 Å². The standard InChI is InChI=1S/C23H31N3O7S/c1-30-19-7-5-18(6-8-19)25-10-12-26(13-11-25)34(28,29)14-9-24-23(27)17-15-20(31-2)22(33-4)21(16-17)32-3/h5-8,15-16H,9-14H2,1-4H3,(H,24,27). The Bertz CT molecular complexity index is 1060. The summed E-state index contributed by atoms with van der Waals surface area (Å²) in [6.07, 6.45) is 0. The molecule has 0 spiro atoms. The number of sulfonamides is 1. The number of benzene rings is 2. The third-order valence-electron chi connectivity index (χ3n) is 5.64. The fourth-order valence-corrected chi connectivity index (χ4v) is 5.09. The maximum atomic E-state index is 12.8. The Morgan fingerprint density at radius 1 is 0.882 bits per heavy atom. The number of methoxy groups -OCH3 is 4. The zero-order valence-electron chi connectivity index (χ0n) is 19.9. The minimum absolute atomic E-state index is 0.0173. The van der Waals surface area contributed by atoms with E-state index < -0.39 is 15.9 Å². The SMILES string of the molecule is COc1ccc(N2CCN(S(=O)(=O)CCNC(=O)c3cc(OC)c(OC)c(OC)c3)CC2)cc1. The monoisotopic (exact) mass is 493 g/mol. The summed E-state index contributed by atoms with van der Waals surface area (Å²) < 4.78 is 48.0. The minimum Gasteiger partial charge on any atom is -0.497 e. The number of amides is 1. The number of carbonyl (C=O) groups is 1. The molecule has 0 bridgehead atoms. The molecular formula is C23H31N3O7S. The van der Waals surface area contributed by atoms with E-state index in [0.29, 0.717) is 43.4 Å². The van der Waals surface area contributed by atoms with Crippen LogP contribution in [-0.2, 0) is 10.0 Å². The van der Waals surface area contributed by atoms with Gasteiger partial charge in [0.1, 0.15) is 5.75 Å².